The molecule has 0 spiro atoms. The van der Waals surface area contributed by atoms with Crippen molar-refractivity contribution < 1.29 is 9.47 Å². The SMILES string of the molecule is COc1ccc(SCC(C)(C)CN)c(OC)c1. The molecule has 0 unspecified atom stereocenters. The Hall–Kier alpha value is -0.870. The maximum atomic E-state index is 5.72. The average Bonchev–Trinajstić information content (AvgIpc) is 2.36. The van der Waals surface area contributed by atoms with Gasteiger partial charge in [-0.2, -0.15) is 0 Å². The highest BCUT2D eigenvalue weighted by Gasteiger charge is 2.17. The van der Waals surface area contributed by atoms with Crippen LogP contribution in [0.15, 0.2) is 23.1 Å². The molecule has 0 atom stereocenters. The Labute approximate surface area is 108 Å². The molecule has 4 heteroatoms. The fourth-order valence-electron chi connectivity index (χ4n) is 1.23. The molecular weight excluding hydrogens is 234 g/mol. The summed E-state index contributed by atoms with van der Waals surface area (Å²) in [5.41, 5.74) is 5.86. The van der Waals surface area contributed by atoms with Crippen LogP contribution in [0.3, 0.4) is 0 Å². The third-order valence-corrected chi connectivity index (χ3v) is 4.12. The van der Waals surface area contributed by atoms with E-state index in [2.05, 4.69) is 13.8 Å². The van der Waals surface area contributed by atoms with Crippen LogP contribution in [0.1, 0.15) is 13.8 Å². The van der Waals surface area contributed by atoms with Gasteiger partial charge in [-0.25, -0.2) is 0 Å². The molecule has 0 saturated heterocycles. The smallest absolute Gasteiger partial charge is 0.136 e. The maximum absolute atomic E-state index is 5.72. The number of hydrogen-bond acceptors (Lipinski definition) is 4. The first-order valence-electron chi connectivity index (χ1n) is 5.57. The Morgan fingerprint density at radius 2 is 1.94 bits per heavy atom. The van der Waals surface area contributed by atoms with Gasteiger partial charge in [0.05, 0.1) is 14.2 Å². The second kappa shape index (κ2) is 6.17. The summed E-state index contributed by atoms with van der Waals surface area (Å²) in [6.07, 6.45) is 0. The van der Waals surface area contributed by atoms with Gasteiger partial charge in [-0.15, -0.1) is 11.8 Å². The highest BCUT2D eigenvalue weighted by atomic mass is 32.2. The van der Waals surface area contributed by atoms with Crippen molar-refractivity contribution >= 4 is 11.8 Å². The molecule has 3 nitrogen and oxygen atoms in total. The molecule has 0 aromatic heterocycles. The summed E-state index contributed by atoms with van der Waals surface area (Å²) in [7, 11) is 3.33. The first-order chi connectivity index (χ1) is 8.02. The summed E-state index contributed by atoms with van der Waals surface area (Å²) in [6.45, 7) is 5.00. The van der Waals surface area contributed by atoms with Crippen LogP contribution in [0.2, 0.25) is 0 Å². The van der Waals surface area contributed by atoms with Gasteiger partial charge in [0.2, 0.25) is 0 Å². The second-order valence-electron chi connectivity index (χ2n) is 4.67. The van der Waals surface area contributed by atoms with E-state index in [1.54, 1.807) is 26.0 Å². The normalized spacial score (nSPS) is 11.4. The first kappa shape index (κ1) is 14.2. The molecule has 0 aliphatic rings. The first-order valence-corrected chi connectivity index (χ1v) is 6.56. The van der Waals surface area contributed by atoms with Crippen molar-refractivity contribution in [2.24, 2.45) is 11.1 Å². The number of ether oxygens (including phenoxy) is 2. The molecule has 0 saturated carbocycles. The van der Waals surface area contributed by atoms with E-state index in [0.29, 0.717) is 6.54 Å². The molecule has 0 fully saturated rings. The quantitative estimate of drug-likeness (QED) is 0.794. The molecule has 17 heavy (non-hydrogen) atoms. The zero-order chi connectivity index (χ0) is 12.9. The topological polar surface area (TPSA) is 44.5 Å². The van der Waals surface area contributed by atoms with Crippen LogP contribution >= 0.6 is 11.8 Å². The minimum atomic E-state index is 0.135. The van der Waals surface area contributed by atoms with Crippen molar-refractivity contribution in [1.29, 1.82) is 0 Å². The lowest BCUT2D eigenvalue weighted by molar-refractivity contribution is 0.387. The molecular formula is C13H21NO2S. The summed E-state index contributed by atoms with van der Waals surface area (Å²) in [6, 6.07) is 5.87. The Balaban J connectivity index is 2.77. The van der Waals surface area contributed by atoms with Crippen molar-refractivity contribution in [3.05, 3.63) is 18.2 Å². The highest BCUT2D eigenvalue weighted by molar-refractivity contribution is 7.99. The van der Waals surface area contributed by atoms with Crippen LogP contribution in [-0.2, 0) is 0 Å². The van der Waals surface area contributed by atoms with Crippen LogP contribution in [0.4, 0.5) is 0 Å². The van der Waals surface area contributed by atoms with E-state index in [1.807, 2.05) is 18.2 Å². The molecule has 1 aromatic rings. The summed E-state index contributed by atoms with van der Waals surface area (Å²) >= 11 is 1.76. The van der Waals surface area contributed by atoms with Gasteiger partial charge in [-0.3, -0.25) is 0 Å². The van der Waals surface area contributed by atoms with Crippen molar-refractivity contribution in [3.8, 4) is 11.5 Å². The Morgan fingerprint density at radius 1 is 1.24 bits per heavy atom. The molecule has 0 aliphatic carbocycles. The van der Waals surface area contributed by atoms with Gasteiger partial charge in [0.1, 0.15) is 11.5 Å². The monoisotopic (exact) mass is 255 g/mol. The largest absolute Gasteiger partial charge is 0.497 e. The Morgan fingerprint density at radius 3 is 2.47 bits per heavy atom. The number of benzene rings is 1. The predicted molar refractivity (Wildman–Crippen MR) is 73.1 cm³/mol. The number of thioether (sulfide) groups is 1. The lowest BCUT2D eigenvalue weighted by Crippen LogP contribution is -2.25. The van der Waals surface area contributed by atoms with Crippen LogP contribution < -0.4 is 15.2 Å². The molecule has 1 aromatic carbocycles. The van der Waals surface area contributed by atoms with E-state index in [0.717, 1.165) is 22.1 Å². The third kappa shape index (κ3) is 4.13. The fourth-order valence-corrected chi connectivity index (χ4v) is 2.34. The minimum absolute atomic E-state index is 0.135. The van der Waals surface area contributed by atoms with Gasteiger partial charge in [-0.1, -0.05) is 13.8 Å². The van der Waals surface area contributed by atoms with Gasteiger partial charge in [0, 0.05) is 16.7 Å². The number of hydrogen-bond donors (Lipinski definition) is 1. The minimum Gasteiger partial charge on any atom is -0.497 e. The maximum Gasteiger partial charge on any atom is 0.136 e. The van der Waals surface area contributed by atoms with Crippen molar-refractivity contribution in [3.63, 3.8) is 0 Å². The zero-order valence-electron chi connectivity index (χ0n) is 10.9. The molecule has 1 rings (SSSR count). The van der Waals surface area contributed by atoms with Gasteiger partial charge in [0.25, 0.3) is 0 Å². The molecule has 0 radical (unpaired) electrons. The van der Waals surface area contributed by atoms with Gasteiger partial charge in [-0.05, 0) is 24.1 Å². The van der Waals surface area contributed by atoms with Gasteiger partial charge >= 0.3 is 0 Å². The Kier molecular flexibility index (Phi) is 5.15. The summed E-state index contributed by atoms with van der Waals surface area (Å²) in [5.74, 6) is 2.62. The lowest BCUT2D eigenvalue weighted by Gasteiger charge is -2.22. The fraction of sp³-hybridized carbons (Fsp3) is 0.538. The van der Waals surface area contributed by atoms with Gasteiger partial charge in [0.15, 0.2) is 0 Å². The molecule has 0 aliphatic heterocycles. The Bertz CT molecular complexity index is 366. The summed E-state index contributed by atoms with van der Waals surface area (Å²) in [4.78, 5) is 1.12. The number of rotatable bonds is 6. The van der Waals surface area contributed by atoms with Crippen molar-refractivity contribution in [2.75, 3.05) is 26.5 Å². The van der Waals surface area contributed by atoms with E-state index in [1.165, 1.54) is 0 Å². The van der Waals surface area contributed by atoms with E-state index in [4.69, 9.17) is 15.2 Å². The highest BCUT2D eigenvalue weighted by Crippen LogP contribution is 2.35. The van der Waals surface area contributed by atoms with Crippen LogP contribution in [0.5, 0.6) is 11.5 Å². The number of nitrogens with two attached hydrogens (primary N) is 1. The molecule has 0 heterocycles. The van der Waals surface area contributed by atoms with Crippen LogP contribution in [-0.4, -0.2) is 26.5 Å². The standard InChI is InChI=1S/C13H21NO2S/c1-13(2,8-14)9-17-12-6-5-10(15-3)7-11(12)16-4/h5-7H,8-9,14H2,1-4H3. The third-order valence-electron chi connectivity index (χ3n) is 2.54. The summed E-state index contributed by atoms with van der Waals surface area (Å²) in [5, 5.41) is 0. The van der Waals surface area contributed by atoms with E-state index in [9.17, 15) is 0 Å². The number of methoxy groups -OCH3 is 2. The molecule has 0 amide bonds. The molecule has 96 valence electrons. The summed E-state index contributed by atoms with van der Waals surface area (Å²) < 4.78 is 10.5. The van der Waals surface area contributed by atoms with Gasteiger partial charge < -0.3 is 15.2 Å². The van der Waals surface area contributed by atoms with E-state index < -0.39 is 0 Å². The second-order valence-corrected chi connectivity index (χ2v) is 5.69. The zero-order valence-corrected chi connectivity index (χ0v) is 11.8. The van der Waals surface area contributed by atoms with Crippen LogP contribution in [0.25, 0.3) is 0 Å². The van der Waals surface area contributed by atoms with Crippen molar-refractivity contribution in [2.45, 2.75) is 18.7 Å². The van der Waals surface area contributed by atoms with E-state index in [-0.39, 0.29) is 5.41 Å². The predicted octanol–water partition coefficient (Wildman–Crippen LogP) is 2.78. The molecule has 2 N–H and O–H groups in total. The average molecular weight is 255 g/mol. The lowest BCUT2D eigenvalue weighted by atomic mass is 9.97. The molecule has 0 bridgehead atoms. The van der Waals surface area contributed by atoms with Crippen LogP contribution in [0, 0.1) is 5.41 Å². The van der Waals surface area contributed by atoms with Crippen molar-refractivity contribution in [1.82, 2.24) is 0 Å². The van der Waals surface area contributed by atoms with E-state index >= 15 is 0 Å².